The van der Waals surface area contributed by atoms with Crippen LogP contribution in [0.5, 0.6) is 5.75 Å². The number of rotatable bonds is 5. The van der Waals surface area contributed by atoms with Crippen molar-refractivity contribution < 1.29 is 9.52 Å². The quantitative estimate of drug-likeness (QED) is 0.422. The zero-order valence-corrected chi connectivity index (χ0v) is 18.9. The van der Waals surface area contributed by atoms with Gasteiger partial charge in [-0.05, 0) is 22.8 Å². The third-order valence-corrected chi connectivity index (χ3v) is 6.60. The summed E-state index contributed by atoms with van der Waals surface area (Å²) in [6.45, 7) is 4.20. The fourth-order valence-corrected chi connectivity index (χ4v) is 4.84. The summed E-state index contributed by atoms with van der Waals surface area (Å²) in [4.78, 5) is 17.0. The molecule has 2 heterocycles. The van der Waals surface area contributed by atoms with E-state index in [0.29, 0.717) is 12.1 Å². The molecule has 0 amide bonds. The Morgan fingerprint density at radius 3 is 2.09 bits per heavy atom. The minimum absolute atomic E-state index is 0.0917. The van der Waals surface area contributed by atoms with Crippen LogP contribution in [0.4, 0.5) is 0 Å². The number of hydrogen-bond donors (Lipinski definition) is 1. The Kier molecular flexibility index (Phi) is 6.18. The molecule has 4 aromatic rings. The van der Waals surface area contributed by atoms with Gasteiger partial charge < -0.3 is 9.52 Å². The highest BCUT2D eigenvalue weighted by atomic mass is 35.5. The fraction of sp³-hybridized carbons (Fsp3) is 0.222. The molecule has 1 fully saturated rings. The first kappa shape index (κ1) is 21.7. The third-order valence-electron chi connectivity index (χ3n) is 6.29. The molecule has 0 atom stereocenters. The Labute approximate surface area is 197 Å². The lowest BCUT2D eigenvalue weighted by Gasteiger charge is -2.40. The van der Waals surface area contributed by atoms with Crippen molar-refractivity contribution in [1.29, 1.82) is 0 Å². The summed E-state index contributed by atoms with van der Waals surface area (Å²) in [6.07, 6.45) is 0. The zero-order valence-electron chi connectivity index (χ0n) is 18.2. The number of phenolic OH excluding ortho intramolecular Hbond substituents is 1. The van der Waals surface area contributed by atoms with E-state index in [4.69, 9.17) is 16.0 Å². The van der Waals surface area contributed by atoms with E-state index in [9.17, 15) is 9.90 Å². The molecule has 6 heteroatoms. The fourth-order valence-electron chi connectivity index (χ4n) is 4.67. The van der Waals surface area contributed by atoms with Gasteiger partial charge in [-0.15, -0.1) is 0 Å². The highest BCUT2D eigenvalue weighted by Gasteiger charge is 2.26. The number of benzene rings is 3. The molecule has 1 N–H and O–H groups in total. The van der Waals surface area contributed by atoms with Crippen molar-refractivity contribution in [3.63, 3.8) is 0 Å². The minimum Gasteiger partial charge on any atom is -0.506 e. The maximum atomic E-state index is 12.1. The summed E-state index contributed by atoms with van der Waals surface area (Å²) in [5.74, 6) is -0.0917. The molecule has 1 aliphatic rings. The van der Waals surface area contributed by atoms with E-state index >= 15 is 0 Å². The highest BCUT2D eigenvalue weighted by Crippen LogP contribution is 2.32. The molecule has 0 bridgehead atoms. The third kappa shape index (κ3) is 4.67. The van der Waals surface area contributed by atoms with Gasteiger partial charge in [-0.1, -0.05) is 72.3 Å². The van der Waals surface area contributed by atoms with E-state index in [2.05, 4.69) is 70.5 Å². The first-order valence-corrected chi connectivity index (χ1v) is 11.5. The van der Waals surface area contributed by atoms with Crippen molar-refractivity contribution in [3.05, 3.63) is 111 Å². The summed E-state index contributed by atoms with van der Waals surface area (Å²) >= 11 is 6.12. The van der Waals surface area contributed by atoms with Crippen molar-refractivity contribution in [3.8, 4) is 5.75 Å². The summed E-state index contributed by atoms with van der Waals surface area (Å²) in [7, 11) is 0. The Hall–Kier alpha value is -3.12. The zero-order chi connectivity index (χ0) is 22.8. The van der Waals surface area contributed by atoms with Crippen LogP contribution in [0, 0.1) is 0 Å². The molecule has 5 rings (SSSR count). The van der Waals surface area contributed by atoms with Gasteiger partial charge in [0.05, 0.1) is 11.1 Å². The van der Waals surface area contributed by atoms with Crippen molar-refractivity contribution in [2.75, 3.05) is 26.2 Å². The second-order valence-electron chi connectivity index (χ2n) is 8.43. The van der Waals surface area contributed by atoms with Gasteiger partial charge in [0.1, 0.15) is 11.3 Å². The largest absolute Gasteiger partial charge is 0.506 e. The summed E-state index contributed by atoms with van der Waals surface area (Å²) in [5, 5.41) is 10.9. The molecule has 0 unspecified atom stereocenters. The number of nitrogens with zero attached hydrogens (tertiary/aromatic N) is 2. The smallest absolute Gasteiger partial charge is 0.336 e. The predicted molar refractivity (Wildman–Crippen MR) is 131 cm³/mol. The van der Waals surface area contributed by atoms with E-state index in [0.717, 1.165) is 37.1 Å². The molecule has 1 saturated heterocycles. The van der Waals surface area contributed by atoms with Crippen LogP contribution in [0.15, 0.2) is 88.1 Å². The number of phenols is 1. The molecule has 0 saturated carbocycles. The number of aromatic hydroxyl groups is 1. The maximum absolute atomic E-state index is 12.1. The highest BCUT2D eigenvalue weighted by molar-refractivity contribution is 6.32. The van der Waals surface area contributed by atoms with Crippen LogP contribution in [0.25, 0.3) is 11.0 Å². The molecule has 5 nitrogen and oxygen atoms in total. The number of halogens is 1. The van der Waals surface area contributed by atoms with Crippen LogP contribution in [-0.2, 0) is 6.54 Å². The van der Waals surface area contributed by atoms with Gasteiger partial charge in [-0.2, -0.15) is 0 Å². The average molecular weight is 461 g/mol. The van der Waals surface area contributed by atoms with E-state index in [-0.39, 0.29) is 16.8 Å². The van der Waals surface area contributed by atoms with E-state index in [1.807, 2.05) is 0 Å². The van der Waals surface area contributed by atoms with Gasteiger partial charge in [0, 0.05) is 50.2 Å². The van der Waals surface area contributed by atoms with Crippen molar-refractivity contribution in [2.45, 2.75) is 12.6 Å². The Balaban J connectivity index is 1.36. The topological polar surface area (TPSA) is 56.9 Å². The van der Waals surface area contributed by atoms with Crippen molar-refractivity contribution >= 4 is 22.6 Å². The molecule has 1 aliphatic heterocycles. The van der Waals surface area contributed by atoms with Crippen LogP contribution in [-0.4, -0.2) is 41.1 Å². The minimum atomic E-state index is -0.425. The molecule has 0 aliphatic carbocycles. The van der Waals surface area contributed by atoms with Crippen LogP contribution in [0.1, 0.15) is 22.7 Å². The molecule has 0 radical (unpaired) electrons. The lowest BCUT2D eigenvalue weighted by molar-refractivity contribution is 0.105. The van der Waals surface area contributed by atoms with Gasteiger partial charge in [-0.3, -0.25) is 9.80 Å². The Morgan fingerprint density at radius 2 is 1.48 bits per heavy atom. The monoisotopic (exact) mass is 460 g/mol. The molecular weight excluding hydrogens is 436 g/mol. The second kappa shape index (κ2) is 9.40. The number of fused-ring (bicyclic) bond motifs is 1. The van der Waals surface area contributed by atoms with E-state index in [1.165, 1.54) is 23.3 Å². The van der Waals surface area contributed by atoms with Crippen LogP contribution < -0.4 is 5.63 Å². The standard InChI is InChI=1S/C27H25ClN2O3/c28-23-16-22-21(15-26(32)33-25(22)17-24(23)31)18-29-11-13-30(14-12-29)27(19-7-3-1-4-8-19)20-9-5-2-6-10-20/h1-10,15-17,27,31H,11-14,18H2. The first-order chi connectivity index (χ1) is 16.1. The molecule has 33 heavy (non-hydrogen) atoms. The van der Waals surface area contributed by atoms with Crippen LogP contribution in [0.3, 0.4) is 0 Å². The predicted octanol–water partition coefficient (Wildman–Crippen LogP) is 5.06. The molecular formula is C27H25ClN2O3. The number of hydrogen-bond acceptors (Lipinski definition) is 5. The van der Waals surface area contributed by atoms with Crippen molar-refractivity contribution in [1.82, 2.24) is 9.80 Å². The molecule has 0 spiro atoms. The van der Waals surface area contributed by atoms with E-state index < -0.39 is 5.63 Å². The Bertz CT molecular complexity index is 1260. The van der Waals surface area contributed by atoms with Gasteiger partial charge in [-0.25, -0.2) is 4.79 Å². The average Bonchev–Trinajstić information content (AvgIpc) is 2.83. The second-order valence-corrected chi connectivity index (χ2v) is 8.83. The summed E-state index contributed by atoms with van der Waals surface area (Å²) < 4.78 is 5.27. The molecule has 3 aromatic carbocycles. The van der Waals surface area contributed by atoms with E-state index in [1.54, 1.807) is 6.07 Å². The molecule has 1 aromatic heterocycles. The van der Waals surface area contributed by atoms with Gasteiger partial charge in [0.15, 0.2) is 0 Å². The van der Waals surface area contributed by atoms with Crippen LogP contribution >= 0.6 is 11.6 Å². The maximum Gasteiger partial charge on any atom is 0.336 e. The first-order valence-electron chi connectivity index (χ1n) is 11.1. The summed E-state index contributed by atoms with van der Waals surface area (Å²) in [6, 6.07) is 26.1. The number of piperazine rings is 1. The SMILES string of the molecule is O=c1cc(CN2CCN(C(c3ccccc3)c3ccccc3)CC2)c2cc(Cl)c(O)cc2o1. The van der Waals surface area contributed by atoms with Gasteiger partial charge in [0.2, 0.25) is 0 Å². The Morgan fingerprint density at radius 1 is 0.879 bits per heavy atom. The van der Waals surface area contributed by atoms with Gasteiger partial charge in [0.25, 0.3) is 0 Å². The molecule has 168 valence electrons. The normalized spacial score (nSPS) is 15.3. The van der Waals surface area contributed by atoms with Crippen molar-refractivity contribution in [2.24, 2.45) is 0 Å². The lowest BCUT2D eigenvalue weighted by atomic mass is 9.96. The summed E-state index contributed by atoms with van der Waals surface area (Å²) in [5.41, 5.74) is 3.37. The van der Waals surface area contributed by atoms with Crippen LogP contribution in [0.2, 0.25) is 5.02 Å². The van der Waals surface area contributed by atoms with Gasteiger partial charge >= 0.3 is 5.63 Å². The lowest BCUT2D eigenvalue weighted by Crippen LogP contribution is -2.47.